The van der Waals surface area contributed by atoms with Crippen LogP contribution in [-0.2, 0) is 0 Å². The van der Waals surface area contributed by atoms with Crippen LogP contribution in [0.2, 0.25) is 0 Å². The average Bonchev–Trinajstić information content (AvgIpc) is 2.21. The molecule has 86 valence electrons. The van der Waals surface area contributed by atoms with Gasteiger partial charge >= 0.3 is 0 Å². The molecule has 0 aromatic heterocycles. The lowest BCUT2D eigenvalue weighted by Crippen LogP contribution is -2.41. The van der Waals surface area contributed by atoms with Gasteiger partial charge in [-0.3, -0.25) is 4.90 Å². The quantitative estimate of drug-likeness (QED) is 0.737. The van der Waals surface area contributed by atoms with Crippen LogP contribution in [0, 0.1) is 16.7 Å². The zero-order valence-corrected chi connectivity index (χ0v) is 10.9. The van der Waals surface area contributed by atoms with E-state index in [4.69, 9.17) is 5.26 Å². The molecular formula is C12H22N2S. The maximum Gasteiger partial charge on any atom is 0.0683 e. The molecule has 1 heterocycles. The Morgan fingerprint density at radius 2 is 2.27 bits per heavy atom. The predicted molar refractivity (Wildman–Crippen MR) is 67.0 cm³/mol. The highest BCUT2D eigenvalue weighted by molar-refractivity contribution is 7.99. The minimum absolute atomic E-state index is 0.145. The van der Waals surface area contributed by atoms with Crippen molar-refractivity contribution >= 4 is 11.8 Å². The number of hydrogen-bond donors (Lipinski definition) is 0. The van der Waals surface area contributed by atoms with Gasteiger partial charge in [-0.05, 0) is 40.2 Å². The van der Waals surface area contributed by atoms with Crippen LogP contribution in [-0.4, -0.2) is 35.5 Å². The summed E-state index contributed by atoms with van der Waals surface area (Å²) in [6, 6.07) is 3.08. The SMILES string of the molecule is CC1CSCCN1CCCC(C)(C)C#N. The van der Waals surface area contributed by atoms with Crippen LogP contribution in [0.25, 0.3) is 0 Å². The van der Waals surface area contributed by atoms with Gasteiger partial charge in [-0.15, -0.1) is 0 Å². The highest BCUT2D eigenvalue weighted by Crippen LogP contribution is 2.22. The molecule has 1 saturated heterocycles. The van der Waals surface area contributed by atoms with Gasteiger partial charge in [-0.2, -0.15) is 17.0 Å². The summed E-state index contributed by atoms with van der Waals surface area (Å²) in [6.07, 6.45) is 2.16. The van der Waals surface area contributed by atoms with Gasteiger partial charge in [0.05, 0.1) is 11.5 Å². The first-order valence-electron chi connectivity index (χ1n) is 5.78. The smallest absolute Gasteiger partial charge is 0.0683 e. The lowest BCUT2D eigenvalue weighted by Gasteiger charge is -2.33. The van der Waals surface area contributed by atoms with E-state index in [0.29, 0.717) is 6.04 Å². The number of thioether (sulfide) groups is 1. The van der Waals surface area contributed by atoms with Crippen molar-refractivity contribution < 1.29 is 0 Å². The third-order valence-electron chi connectivity index (χ3n) is 3.06. The number of nitrogens with zero attached hydrogens (tertiary/aromatic N) is 2. The molecule has 1 rings (SSSR count). The van der Waals surface area contributed by atoms with Gasteiger partial charge in [-0.1, -0.05) is 0 Å². The maximum absolute atomic E-state index is 8.92. The van der Waals surface area contributed by atoms with Crippen molar-refractivity contribution in [2.45, 2.75) is 39.7 Å². The highest BCUT2D eigenvalue weighted by atomic mass is 32.2. The van der Waals surface area contributed by atoms with E-state index < -0.39 is 0 Å². The van der Waals surface area contributed by atoms with Crippen molar-refractivity contribution in [1.82, 2.24) is 4.90 Å². The number of rotatable bonds is 4. The summed E-state index contributed by atoms with van der Waals surface area (Å²) in [4.78, 5) is 2.56. The summed E-state index contributed by atoms with van der Waals surface area (Å²) < 4.78 is 0. The van der Waals surface area contributed by atoms with Gasteiger partial charge < -0.3 is 0 Å². The lowest BCUT2D eigenvalue weighted by atomic mass is 9.90. The highest BCUT2D eigenvalue weighted by Gasteiger charge is 2.20. The van der Waals surface area contributed by atoms with E-state index >= 15 is 0 Å². The van der Waals surface area contributed by atoms with E-state index in [-0.39, 0.29) is 5.41 Å². The minimum Gasteiger partial charge on any atom is -0.299 e. The van der Waals surface area contributed by atoms with Crippen molar-refractivity contribution in [2.75, 3.05) is 24.6 Å². The second kappa shape index (κ2) is 5.77. The predicted octanol–water partition coefficient (Wildman–Crippen LogP) is 2.75. The Kier molecular flexibility index (Phi) is 4.95. The van der Waals surface area contributed by atoms with Crippen molar-refractivity contribution in [1.29, 1.82) is 5.26 Å². The van der Waals surface area contributed by atoms with Gasteiger partial charge in [0, 0.05) is 24.1 Å². The Balaban J connectivity index is 2.22. The third-order valence-corrected chi connectivity index (χ3v) is 4.24. The molecule has 0 aliphatic carbocycles. The molecule has 2 nitrogen and oxygen atoms in total. The van der Waals surface area contributed by atoms with Crippen LogP contribution < -0.4 is 0 Å². The molecule has 0 aromatic rings. The zero-order chi connectivity index (χ0) is 11.3. The molecule has 3 heteroatoms. The van der Waals surface area contributed by atoms with Gasteiger partial charge in [0.15, 0.2) is 0 Å². The summed E-state index contributed by atoms with van der Waals surface area (Å²) in [7, 11) is 0. The summed E-state index contributed by atoms with van der Waals surface area (Å²) in [5, 5.41) is 8.92. The maximum atomic E-state index is 8.92. The molecule has 0 saturated carbocycles. The van der Waals surface area contributed by atoms with Crippen molar-refractivity contribution in [3.8, 4) is 6.07 Å². The van der Waals surface area contributed by atoms with Crippen LogP contribution in [0.4, 0.5) is 0 Å². The van der Waals surface area contributed by atoms with E-state index in [9.17, 15) is 0 Å². The Bertz CT molecular complexity index is 232. The van der Waals surface area contributed by atoms with Crippen LogP contribution in [0.1, 0.15) is 33.6 Å². The summed E-state index contributed by atoms with van der Waals surface area (Å²) in [6.45, 7) is 8.75. The molecule has 15 heavy (non-hydrogen) atoms. The Morgan fingerprint density at radius 1 is 1.53 bits per heavy atom. The summed E-state index contributed by atoms with van der Waals surface area (Å²) in [5.74, 6) is 2.54. The molecule has 0 bridgehead atoms. The van der Waals surface area contributed by atoms with E-state index in [1.165, 1.54) is 18.1 Å². The first-order chi connectivity index (χ1) is 7.05. The van der Waals surface area contributed by atoms with Crippen molar-refractivity contribution in [2.24, 2.45) is 5.41 Å². The van der Waals surface area contributed by atoms with Gasteiger partial charge in [-0.25, -0.2) is 0 Å². The zero-order valence-electron chi connectivity index (χ0n) is 10.1. The molecule has 1 fully saturated rings. The fourth-order valence-corrected chi connectivity index (χ4v) is 2.96. The van der Waals surface area contributed by atoms with Crippen LogP contribution in [0.5, 0.6) is 0 Å². The molecule has 0 N–H and O–H groups in total. The molecule has 0 aromatic carbocycles. The molecule has 1 aliphatic heterocycles. The lowest BCUT2D eigenvalue weighted by molar-refractivity contribution is 0.219. The molecule has 0 spiro atoms. The number of hydrogen-bond acceptors (Lipinski definition) is 3. The van der Waals surface area contributed by atoms with Crippen molar-refractivity contribution in [3.63, 3.8) is 0 Å². The van der Waals surface area contributed by atoms with Crippen LogP contribution in [0.15, 0.2) is 0 Å². The average molecular weight is 226 g/mol. The van der Waals surface area contributed by atoms with Crippen LogP contribution >= 0.6 is 11.8 Å². The standard InChI is InChI=1S/C12H22N2S/c1-11-9-15-8-7-14(11)6-4-5-12(2,3)10-13/h11H,4-9H2,1-3H3. The largest absolute Gasteiger partial charge is 0.299 e. The van der Waals surface area contributed by atoms with Crippen LogP contribution in [0.3, 0.4) is 0 Å². The normalized spacial score (nSPS) is 23.7. The van der Waals surface area contributed by atoms with E-state index in [0.717, 1.165) is 19.4 Å². The summed E-state index contributed by atoms with van der Waals surface area (Å²) in [5.41, 5.74) is -0.145. The minimum atomic E-state index is -0.145. The van der Waals surface area contributed by atoms with E-state index in [2.05, 4.69) is 29.7 Å². The molecule has 1 unspecified atom stereocenters. The van der Waals surface area contributed by atoms with E-state index in [1.54, 1.807) is 0 Å². The third kappa shape index (κ3) is 4.44. The molecule has 1 aliphatic rings. The van der Waals surface area contributed by atoms with E-state index in [1.807, 2.05) is 13.8 Å². The van der Waals surface area contributed by atoms with Gasteiger partial charge in [0.2, 0.25) is 0 Å². The monoisotopic (exact) mass is 226 g/mol. The van der Waals surface area contributed by atoms with Gasteiger partial charge in [0.25, 0.3) is 0 Å². The second-order valence-electron chi connectivity index (χ2n) is 5.06. The fourth-order valence-electron chi connectivity index (χ4n) is 1.87. The first kappa shape index (κ1) is 12.9. The summed E-state index contributed by atoms with van der Waals surface area (Å²) >= 11 is 2.06. The Morgan fingerprint density at radius 3 is 2.87 bits per heavy atom. The van der Waals surface area contributed by atoms with Gasteiger partial charge in [0.1, 0.15) is 0 Å². The fraction of sp³-hybridized carbons (Fsp3) is 0.917. The topological polar surface area (TPSA) is 27.0 Å². The second-order valence-corrected chi connectivity index (χ2v) is 6.21. The first-order valence-corrected chi connectivity index (χ1v) is 6.94. The molecular weight excluding hydrogens is 204 g/mol. The molecule has 1 atom stereocenters. The molecule has 0 radical (unpaired) electrons. The Hall–Kier alpha value is -0.200. The number of nitriles is 1. The Labute approximate surface area is 98.0 Å². The van der Waals surface area contributed by atoms with Crippen molar-refractivity contribution in [3.05, 3.63) is 0 Å². The molecule has 0 amide bonds.